The number of carbonyl (C=O) groups excluding carboxylic acids is 1. The second kappa shape index (κ2) is 28.8. The van der Waals surface area contributed by atoms with Crippen LogP contribution in [0.3, 0.4) is 0 Å². The summed E-state index contributed by atoms with van der Waals surface area (Å²) in [5.41, 5.74) is 0. The average Bonchev–Trinajstić information content (AvgIpc) is 2.88. The first-order valence-corrected chi connectivity index (χ1v) is 14.9. The third kappa shape index (κ3) is 33.4. The van der Waals surface area contributed by atoms with E-state index in [1.807, 2.05) is 0 Å². The van der Waals surface area contributed by atoms with Gasteiger partial charge in [0.25, 0.3) is 0 Å². The van der Waals surface area contributed by atoms with Crippen LogP contribution in [-0.2, 0) is 28.7 Å². The number of carbonyl (C=O) groups is 5. The fraction of sp³-hybridized carbons (Fsp3) is 0.828. The van der Waals surface area contributed by atoms with Gasteiger partial charge in [0.1, 0.15) is 0 Å². The number of methoxy groups -OCH3 is 1. The third-order valence-electron chi connectivity index (χ3n) is 6.38. The van der Waals surface area contributed by atoms with Crippen LogP contribution in [0.25, 0.3) is 0 Å². The van der Waals surface area contributed by atoms with Gasteiger partial charge in [0.05, 0.1) is 33.3 Å². The van der Waals surface area contributed by atoms with Crippen LogP contribution < -0.4 is 0 Å². The average molecular weight is 591 g/mol. The van der Waals surface area contributed by atoms with E-state index in [1.54, 1.807) is 0 Å². The molecule has 0 fully saturated rings. The van der Waals surface area contributed by atoms with Crippen LogP contribution in [0.4, 0.5) is 0 Å². The highest BCUT2D eigenvalue weighted by Crippen LogP contribution is 2.13. The summed E-state index contributed by atoms with van der Waals surface area (Å²) in [6.07, 6.45) is 20.9. The Balaban J connectivity index is 0. The third-order valence-corrected chi connectivity index (χ3v) is 6.38. The van der Waals surface area contributed by atoms with Crippen molar-refractivity contribution in [2.45, 2.75) is 110 Å². The summed E-state index contributed by atoms with van der Waals surface area (Å²) in [5.74, 6) is -4.98. The fourth-order valence-electron chi connectivity index (χ4n) is 4.22. The van der Waals surface area contributed by atoms with Gasteiger partial charge in [0.2, 0.25) is 0 Å². The lowest BCUT2D eigenvalue weighted by molar-refractivity contribution is -0.145. The van der Waals surface area contributed by atoms with Crippen molar-refractivity contribution < 1.29 is 49.1 Å². The predicted octanol–water partition coefficient (Wildman–Crippen LogP) is 4.35. The maximum atomic E-state index is 10.9. The van der Waals surface area contributed by atoms with Crippen LogP contribution in [0.1, 0.15) is 110 Å². The minimum Gasteiger partial charge on any atom is -0.480 e. The lowest BCUT2D eigenvalue weighted by atomic mass is 10.0. The molecule has 0 aromatic carbocycles. The lowest BCUT2D eigenvalue weighted by Crippen LogP contribution is -2.43. The molecule has 0 saturated heterocycles. The number of unbranched alkanes of at least 4 members (excludes halogenated alkanes) is 14. The maximum absolute atomic E-state index is 10.9. The molecule has 0 aliphatic carbocycles. The van der Waals surface area contributed by atoms with Gasteiger partial charge in [-0.15, -0.1) is 0 Å². The SMILES string of the molecule is CCCCCCCCCCCCCCCCCC(=O)OC.O=C(O)CN(CCN(CC(=O)O)CC(=O)O)CC(=O)O. The number of esters is 1. The molecule has 0 unspecified atom stereocenters. The molecule has 0 aromatic heterocycles. The zero-order chi connectivity index (χ0) is 31.3. The van der Waals surface area contributed by atoms with Crippen LogP contribution in [0.5, 0.6) is 0 Å². The summed E-state index contributed by atoms with van der Waals surface area (Å²) >= 11 is 0. The predicted molar refractivity (Wildman–Crippen MR) is 155 cm³/mol. The molecule has 0 spiro atoms. The number of hydrogen-bond donors (Lipinski definition) is 4. The Hall–Kier alpha value is -2.73. The molecule has 0 saturated carbocycles. The molecule has 0 bridgehead atoms. The summed E-state index contributed by atoms with van der Waals surface area (Å²) in [5, 5.41) is 34.5. The van der Waals surface area contributed by atoms with Gasteiger partial charge in [0, 0.05) is 19.5 Å². The molecular weight excluding hydrogens is 536 g/mol. The Morgan fingerprint density at radius 3 is 1.00 bits per heavy atom. The summed E-state index contributed by atoms with van der Waals surface area (Å²) in [4.78, 5) is 55.3. The Morgan fingerprint density at radius 2 is 0.756 bits per heavy atom. The molecule has 12 nitrogen and oxygen atoms in total. The minimum absolute atomic E-state index is 0.0651. The van der Waals surface area contributed by atoms with Gasteiger partial charge in [-0.05, 0) is 6.42 Å². The van der Waals surface area contributed by atoms with E-state index in [0.29, 0.717) is 6.42 Å². The van der Waals surface area contributed by atoms with Gasteiger partial charge >= 0.3 is 29.8 Å². The summed E-state index contributed by atoms with van der Waals surface area (Å²) in [6, 6.07) is 0. The number of nitrogens with zero attached hydrogens (tertiary/aromatic N) is 2. The Morgan fingerprint density at radius 1 is 0.488 bits per heavy atom. The van der Waals surface area contributed by atoms with Gasteiger partial charge in [-0.2, -0.15) is 0 Å². The van der Waals surface area contributed by atoms with E-state index < -0.39 is 50.1 Å². The molecule has 0 radical (unpaired) electrons. The van der Waals surface area contributed by atoms with Crippen molar-refractivity contribution in [2.24, 2.45) is 0 Å². The lowest BCUT2D eigenvalue weighted by Gasteiger charge is -2.23. The second-order valence-corrected chi connectivity index (χ2v) is 10.3. The van der Waals surface area contributed by atoms with Gasteiger partial charge < -0.3 is 25.2 Å². The van der Waals surface area contributed by atoms with Gasteiger partial charge in [-0.1, -0.05) is 96.8 Å². The molecule has 240 valence electrons. The normalized spacial score (nSPS) is 10.7. The Bertz CT molecular complexity index is 650. The molecule has 0 atom stereocenters. The Labute approximate surface area is 245 Å². The number of carboxylic acids is 4. The highest BCUT2D eigenvalue weighted by atomic mass is 16.5. The van der Waals surface area contributed by atoms with Crippen LogP contribution in [0.2, 0.25) is 0 Å². The van der Waals surface area contributed by atoms with E-state index in [2.05, 4.69) is 11.7 Å². The van der Waals surface area contributed by atoms with Crippen molar-refractivity contribution in [3.8, 4) is 0 Å². The van der Waals surface area contributed by atoms with E-state index in [4.69, 9.17) is 20.4 Å². The Kier molecular flexibility index (Phi) is 28.4. The standard InChI is InChI=1S/C19H38O2.C10H16N2O8/c1-3-4-5-6-7-8-9-10-11-12-13-14-15-16-17-18-19(20)21-2;13-7(14)3-11(4-8(15)16)1-2-12(5-9(17)18)6-10(19)20/h3-18H2,1-2H3;1-6H2,(H,13,14)(H,15,16)(H,17,18)(H,19,20). The number of rotatable bonds is 27. The van der Waals surface area contributed by atoms with E-state index in [-0.39, 0.29) is 19.1 Å². The zero-order valence-corrected chi connectivity index (χ0v) is 25.2. The quantitative estimate of drug-likeness (QED) is 0.0785. The monoisotopic (exact) mass is 590 g/mol. The first kappa shape index (κ1) is 40.4. The maximum Gasteiger partial charge on any atom is 0.317 e. The van der Waals surface area contributed by atoms with Crippen molar-refractivity contribution >= 4 is 29.8 Å². The van der Waals surface area contributed by atoms with E-state index in [9.17, 15) is 24.0 Å². The van der Waals surface area contributed by atoms with Gasteiger partial charge in [0.15, 0.2) is 0 Å². The molecule has 41 heavy (non-hydrogen) atoms. The molecule has 0 aliphatic rings. The number of ether oxygens (including phenoxy) is 1. The number of hydrogen-bond acceptors (Lipinski definition) is 8. The van der Waals surface area contributed by atoms with E-state index in [0.717, 1.165) is 16.2 Å². The largest absolute Gasteiger partial charge is 0.480 e. The van der Waals surface area contributed by atoms with E-state index >= 15 is 0 Å². The summed E-state index contributed by atoms with van der Waals surface area (Å²) < 4.78 is 4.63. The first-order chi connectivity index (χ1) is 19.5. The number of carboxylic acid groups (broad SMARTS) is 4. The van der Waals surface area contributed by atoms with Crippen molar-refractivity contribution in [1.82, 2.24) is 9.80 Å². The molecule has 0 heterocycles. The molecule has 0 aliphatic heterocycles. The highest BCUT2D eigenvalue weighted by Gasteiger charge is 2.18. The summed E-state index contributed by atoms with van der Waals surface area (Å²) in [6.45, 7) is 0.0264. The molecule has 12 heteroatoms. The minimum atomic E-state index is -1.23. The topological polar surface area (TPSA) is 182 Å². The van der Waals surface area contributed by atoms with Crippen molar-refractivity contribution in [3.63, 3.8) is 0 Å². The number of aliphatic carboxylic acids is 4. The van der Waals surface area contributed by atoms with Gasteiger partial charge in [-0.3, -0.25) is 33.8 Å². The zero-order valence-electron chi connectivity index (χ0n) is 25.2. The molecule has 0 rings (SSSR count). The molecule has 0 aromatic rings. The fourth-order valence-corrected chi connectivity index (χ4v) is 4.22. The van der Waals surface area contributed by atoms with Crippen molar-refractivity contribution in [1.29, 1.82) is 0 Å². The smallest absolute Gasteiger partial charge is 0.317 e. The van der Waals surface area contributed by atoms with Gasteiger partial charge in [-0.25, -0.2) is 0 Å². The van der Waals surface area contributed by atoms with Crippen LogP contribution in [-0.4, -0.2) is 106 Å². The first-order valence-electron chi connectivity index (χ1n) is 14.9. The molecular formula is C29H54N2O10. The van der Waals surface area contributed by atoms with Crippen molar-refractivity contribution in [3.05, 3.63) is 0 Å². The van der Waals surface area contributed by atoms with E-state index in [1.165, 1.54) is 97.0 Å². The van der Waals surface area contributed by atoms with Crippen LogP contribution in [0, 0.1) is 0 Å². The summed E-state index contributed by atoms with van der Waals surface area (Å²) in [7, 11) is 1.47. The molecule has 0 amide bonds. The van der Waals surface area contributed by atoms with Crippen LogP contribution in [0.15, 0.2) is 0 Å². The van der Waals surface area contributed by atoms with Crippen LogP contribution >= 0.6 is 0 Å². The second-order valence-electron chi connectivity index (χ2n) is 10.3. The molecule has 4 N–H and O–H groups in total. The van der Waals surface area contributed by atoms with Crippen molar-refractivity contribution in [2.75, 3.05) is 46.4 Å². The highest BCUT2D eigenvalue weighted by molar-refractivity contribution is 5.73.